The van der Waals surface area contributed by atoms with E-state index in [1.54, 1.807) is 34.2 Å². The van der Waals surface area contributed by atoms with E-state index < -0.39 is 12.0 Å². The SMILES string of the molecule is O=C(O)CC(c1cncc(-n2cccn2)c1)n1ncc2cc(OCCc3ccc4c(n3)NCCC4)ccc21. The van der Waals surface area contributed by atoms with Gasteiger partial charge < -0.3 is 15.2 Å². The Balaban J connectivity index is 1.20. The summed E-state index contributed by atoms with van der Waals surface area (Å²) >= 11 is 0. The zero-order chi connectivity index (χ0) is 25.9. The molecule has 0 spiro atoms. The molecule has 5 heterocycles. The van der Waals surface area contributed by atoms with Crippen LogP contribution in [0.1, 0.15) is 35.7 Å². The van der Waals surface area contributed by atoms with E-state index in [1.807, 2.05) is 36.5 Å². The molecule has 1 unspecified atom stereocenters. The molecule has 0 bridgehead atoms. The number of aromatic nitrogens is 6. The molecule has 0 radical (unpaired) electrons. The summed E-state index contributed by atoms with van der Waals surface area (Å²) in [6.45, 7) is 1.46. The highest BCUT2D eigenvalue weighted by atomic mass is 16.5. The molecule has 2 N–H and O–H groups in total. The zero-order valence-electron chi connectivity index (χ0n) is 20.7. The molecule has 1 aliphatic rings. The predicted octanol–water partition coefficient (Wildman–Crippen LogP) is 4.06. The van der Waals surface area contributed by atoms with Crippen LogP contribution in [0.4, 0.5) is 5.82 Å². The Morgan fingerprint density at radius 2 is 2.08 bits per heavy atom. The summed E-state index contributed by atoms with van der Waals surface area (Å²) in [6.07, 6.45) is 11.4. The Bertz CT molecular complexity index is 1580. The molecule has 5 aromatic rings. The first-order valence-corrected chi connectivity index (χ1v) is 12.6. The molecule has 0 fully saturated rings. The van der Waals surface area contributed by atoms with E-state index in [1.165, 1.54) is 5.56 Å². The average Bonchev–Trinajstić information content (AvgIpc) is 3.62. The van der Waals surface area contributed by atoms with Gasteiger partial charge in [-0.25, -0.2) is 9.67 Å². The lowest BCUT2D eigenvalue weighted by Crippen LogP contribution is -2.17. The topological polar surface area (TPSA) is 120 Å². The molecule has 192 valence electrons. The number of hydrogen-bond acceptors (Lipinski definition) is 7. The van der Waals surface area contributed by atoms with E-state index in [-0.39, 0.29) is 6.42 Å². The van der Waals surface area contributed by atoms with Crippen LogP contribution in [-0.4, -0.2) is 53.8 Å². The van der Waals surface area contributed by atoms with Crippen LogP contribution >= 0.6 is 0 Å². The monoisotopic (exact) mass is 509 g/mol. The highest BCUT2D eigenvalue weighted by Gasteiger charge is 2.22. The van der Waals surface area contributed by atoms with E-state index in [2.05, 4.69) is 32.6 Å². The minimum absolute atomic E-state index is 0.137. The van der Waals surface area contributed by atoms with Crippen LogP contribution < -0.4 is 10.1 Å². The van der Waals surface area contributed by atoms with Gasteiger partial charge in [-0.05, 0) is 60.4 Å². The maximum Gasteiger partial charge on any atom is 0.305 e. The third-order valence-corrected chi connectivity index (χ3v) is 6.71. The Morgan fingerprint density at radius 1 is 1.13 bits per heavy atom. The summed E-state index contributed by atoms with van der Waals surface area (Å²) in [5.74, 6) is 0.795. The van der Waals surface area contributed by atoms with Crippen molar-refractivity contribution < 1.29 is 14.6 Å². The number of carboxylic acids is 1. The Morgan fingerprint density at radius 3 is 2.95 bits per heavy atom. The quantitative estimate of drug-likeness (QED) is 0.305. The summed E-state index contributed by atoms with van der Waals surface area (Å²) in [4.78, 5) is 20.8. The van der Waals surface area contributed by atoms with Gasteiger partial charge in [0.2, 0.25) is 0 Å². The van der Waals surface area contributed by atoms with Crippen LogP contribution in [0.2, 0.25) is 0 Å². The summed E-state index contributed by atoms with van der Waals surface area (Å²) in [5.41, 5.74) is 4.57. The number of pyridine rings is 2. The molecule has 1 aliphatic heterocycles. The van der Waals surface area contributed by atoms with Gasteiger partial charge in [0.1, 0.15) is 11.6 Å². The summed E-state index contributed by atoms with van der Waals surface area (Å²) in [5, 5.41) is 22.7. The molecule has 0 aliphatic carbocycles. The molecule has 6 rings (SSSR count). The molecular weight excluding hydrogens is 482 g/mol. The van der Waals surface area contributed by atoms with Gasteiger partial charge in [0.05, 0.1) is 42.7 Å². The van der Waals surface area contributed by atoms with Gasteiger partial charge in [-0.15, -0.1) is 0 Å². The third kappa shape index (κ3) is 4.93. The highest BCUT2D eigenvalue weighted by Crippen LogP contribution is 2.29. The smallest absolute Gasteiger partial charge is 0.305 e. The molecule has 1 atom stereocenters. The number of aryl methyl sites for hydroxylation is 1. The maximum absolute atomic E-state index is 11.8. The number of nitrogens with zero attached hydrogens (tertiary/aromatic N) is 6. The summed E-state index contributed by atoms with van der Waals surface area (Å²) in [7, 11) is 0. The fourth-order valence-corrected chi connectivity index (χ4v) is 4.84. The van der Waals surface area contributed by atoms with Gasteiger partial charge in [0.25, 0.3) is 0 Å². The summed E-state index contributed by atoms with van der Waals surface area (Å²) < 4.78 is 9.45. The summed E-state index contributed by atoms with van der Waals surface area (Å²) in [6, 6.07) is 13.1. The number of nitrogens with one attached hydrogen (secondary N) is 1. The number of anilines is 1. The van der Waals surface area contributed by atoms with Gasteiger partial charge in [0.15, 0.2) is 0 Å². The van der Waals surface area contributed by atoms with E-state index >= 15 is 0 Å². The standard InChI is InChI=1S/C28H27N7O3/c36-27(37)15-26(20-13-23(18-29-16-20)34-11-2-10-31-34)35-25-7-6-24(14-21(25)17-32-35)38-12-8-22-5-4-19-3-1-9-30-28(19)33-22/h2,4-7,10-11,13-14,16-18,26H,1,3,8-9,12,15H2,(H,30,33)(H,36,37). The lowest BCUT2D eigenvalue weighted by Gasteiger charge is -2.18. The molecule has 0 saturated heterocycles. The van der Waals surface area contributed by atoms with Crippen molar-refractivity contribution in [3.63, 3.8) is 0 Å². The van der Waals surface area contributed by atoms with Crippen LogP contribution in [0.25, 0.3) is 16.6 Å². The molecule has 0 amide bonds. The van der Waals surface area contributed by atoms with Crippen molar-refractivity contribution in [1.29, 1.82) is 0 Å². The minimum atomic E-state index is -0.922. The molecule has 10 nitrogen and oxygen atoms in total. The van der Waals surface area contributed by atoms with Crippen LogP contribution in [0, 0.1) is 0 Å². The normalized spacial score (nSPS) is 13.6. The number of ether oxygens (including phenoxy) is 1. The maximum atomic E-state index is 11.8. The second-order valence-electron chi connectivity index (χ2n) is 9.29. The van der Waals surface area contributed by atoms with Crippen molar-refractivity contribution in [2.24, 2.45) is 0 Å². The van der Waals surface area contributed by atoms with Crippen LogP contribution in [0.5, 0.6) is 5.75 Å². The second kappa shape index (κ2) is 10.3. The second-order valence-corrected chi connectivity index (χ2v) is 9.29. The molecule has 10 heteroatoms. The largest absolute Gasteiger partial charge is 0.493 e. The number of rotatable bonds is 9. The van der Waals surface area contributed by atoms with Crippen LogP contribution in [0.15, 0.2) is 73.4 Å². The molecule has 0 saturated carbocycles. The van der Waals surface area contributed by atoms with Crippen LogP contribution in [0.3, 0.4) is 0 Å². The van der Waals surface area contributed by atoms with Crippen molar-refractivity contribution in [3.8, 4) is 11.4 Å². The van der Waals surface area contributed by atoms with Crippen molar-refractivity contribution in [2.45, 2.75) is 31.7 Å². The first-order chi connectivity index (χ1) is 18.6. The van der Waals surface area contributed by atoms with E-state index in [9.17, 15) is 9.90 Å². The number of benzene rings is 1. The van der Waals surface area contributed by atoms with E-state index in [0.717, 1.165) is 58.8 Å². The minimum Gasteiger partial charge on any atom is -0.493 e. The predicted molar refractivity (Wildman–Crippen MR) is 142 cm³/mol. The van der Waals surface area contributed by atoms with Crippen molar-refractivity contribution in [1.82, 2.24) is 29.5 Å². The van der Waals surface area contributed by atoms with Crippen molar-refractivity contribution in [3.05, 3.63) is 90.3 Å². The Kier molecular flexibility index (Phi) is 6.43. The first kappa shape index (κ1) is 23.7. The van der Waals surface area contributed by atoms with Gasteiger partial charge in [-0.2, -0.15) is 10.2 Å². The number of carbonyl (C=O) groups is 1. The molecule has 38 heavy (non-hydrogen) atoms. The first-order valence-electron chi connectivity index (χ1n) is 12.6. The van der Waals surface area contributed by atoms with Gasteiger partial charge in [0, 0.05) is 42.6 Å². The number of fused-ring (bicyclic) bond motifs is 2. The van der Waals surface area contributed by atoms with Gasteiger partial charge in [-0.3, -0.25) is 14.5 Å². The lowest BCUT2D eigenvalue weighted by molar-refractivity contribution is -0.137. The molecule has 1 aromatic carbocycles. The lowest BCUT2D eigenvalue weighted by atomic mass is 10.1. The van der Waals surface area contributed by atoms with E-state index in [0.29, 0.717) is 13.0 Å². The fraction of sp³-hybridized carbons (Fsp3) is 0.250. The third-order valence-electron chi connectivity index (χ3n) is 6.71. The molecule has 4 aromatic heterocycles. The van der Waals surface area contributed by atoms with Gasteiger partial charge >= 0.3 is 5.97 Å². The van der Waals surface area contributed by atoms with E-state index in [4.69, 9.17) is 9.72 Å². The number of hydrogen-bond donors (Lipinski definition) is 2. The highest BCUT2D eigenvalue weighted by molar-refractivity contribution is 5.81. The Labute approximate surface area is 218 Å². The number of aliphatic carboxylic acids is 1. The van der Waals surface area contributed by atoms with Crippen LogP contribution in [-0.2, 0) is 17.6 Å². The number of carboxylic acid groups (broad SMARTS) is 1. The molecular formula is C28H27N7O3. The van der Waals surface area contributed by atoms with Gasteiger partial charge in [-0.1, -0.05) is 6.07 Å². The fourth-order valence-electron chi connectivity index (χ4n) is 4.84. The Hall–Kier alpha value is -4.73. The van der Waals surface area contributed by atoms with Crippen molar-refractivity contribution in [2.75, 3.05) is 18.5 Å². The van der Waals surface area contributed by atoms with Crippen molar-refractivity contribution >= 4 is 22.7 Å². The zero-order valence-corrected chi connectivity index (χ0v) is 20.7. The average molecular weight is 510 g/mol.